The Morgan fingerprint density at radius 2 is 1.75 bits per heavy atom. The van der Waals surface area contributed by atoms with Crippen LogP contribution >= 0.6 is 0 Å². The largest absolute Gasteiger partial charge is 0.333 e. The van der Waals surface area contributed by atoms with Crippen molar-refractivity contribution in [3.8, 4) is 34.1 Å². The summed E-state index contributed by atoms with van der Waals surface area (Å²) in [6.07, 6.45) is 2.72. The van der Waals surface area contributed by atoms with Gasteiger partial charge in [-0.3, -0.25) is 5.10 Å². The van der Waals surface area contributed by atoms with Crippen LogP contribution < -0.4 is 0 Å². The molecule has 1 N–H and O–H groups in total. The van der Waals surface area contributed by atoms with Crippen LogP contribution in [0.25, 0.3) is 34.1 Å². The minimum Gasteiger partial charge on any atom is -0.333 e. The molecule has 5 nitrogen and oxygen atoms in total. The Labute approximate surface area is 139 Å². The molecule has 0 aliphatic carbocycles. The van der Waals surface area contributed by atoms with Crippen LogP contribution in [0.2, 0.25) is 0 Å². The Balaban J connectivity index is 1.70. The van der Waals surface area contributed by atoms with Crippen LogP contribution in [-0.4, -0.2) is 20.3 Å². The summed E-state index contributed by atoms with van der Waals surface area (Å²) in [6.45, 7) is 2.13. The van der Waals surface area contributed by atoms with Crippen molar-refractivity contribution >= 4 is 0 Å². The lowest BCUT2D eigenvalue weighted by molar-refractivity contribution is 0.432. The van der Waals surface area contributed by atoms with Crippen molar-refractivity contribution in [2.24, 2.45) is 0 Å². The number of nitrogens with one attached hydrogen (secondary N) is 1. The summed E-state index contributed by atoms with van der Waals surface area (Å²) >= 11 is 0. The minimum atomic E-state index is 0.456. The molecule has 0 unspecified atom stereocenters. The first kappa shape index (κ1) is 14.4. The highest BCUT2D eigenvalue weighted by Crippen LogP contribution is 2.30. The zero-order valence-electron chi connectivity index (χ0n) is 13.2. The number of rotatable bonds is 4. The van der Waals surface area contributed by atoms with Gasteiger partial charge in [-0.2, -0.15) is 10.1 Å². The van der Waals surface area contributed by atoms with Gasteiger partial charge in [-0.25, -0.2) is 0 Å². The van der Waals surface area contributed by atoms with E-state index < -0.39 is 0 Å². The molecule has 24 heavy (non-hydrogen) atoms. The van der Waals surface area contributed by atoms with Gasteiger partial charge in [-0.15, -0.1) is 0 Å². The predicted octanol–water partition coefficient (Wildman–Crippen LogP) is 4.36. The molecular formula is C19H16N4O. The molecule has 5 heteroatoms. The third kappa shape index (κ3) is 2.60. The summed E-state index contributed by atoms with van der Waals surface area (Å²) in [5.41, 5.74) is 4.91. The lowest BCUT2D eigenvalue weighted by Crippen LogP contribution is -1.84. The zero-order chi connectivity index (χ0) is 16.4. The van der Waals surface area contributed by atoms with Crippen molar-refractivity contribution in [2.75, 3.05) is 0 Å². The molecule has 0 aliphatic rings. The van der Waals surface area contributed by atoms with E-state index in [0.717, 1.165) is 28.8 Å². The molecule has 0 spiro atoms. The summed E-state index contributed by atoms with van der Waals surface area (Å²) < 4.78 is 5.46. The van der Waals surface area contributed by atoms with Gasteiger partial charge in [0, 0.05) is 11.1 Å². The van der Waals surface area contributed by atoms with Crippen LogP contribution in [0.1, 0.15) is 12.5 Å². The second-order valence-corrected chi connectivity index (χ2v) is 5.50. The molecule has 2 aromatic carbocycles. The molecule has 0 saturated heterocycles. The monoisotopic (exact) mass is 316 g/mol. The molecule has 0 bridgehead atoms. The smallest absolute Gasteiger partial charge is 0.262 e. The van der Waals surface area contributed by atoms with Crippen molar-refractivity contribution in [3.05, 3.63) is 66.4 Å². The lowest BCUT2D eigenvalue weighted by Gasteiger charge is -1.99. The Morgan fingerprint density at radius 3 is 2.50 bits per heavy atom. The van der Waals surface area contributed by atoms with E-state index in [1.165, 1.54) is 5.56 Å². The molecule has 4 aromatic rings. The number of nitrogens with zero attached hydrogens (tertiary/aromatic N) is 3. The molecular weight excluding hydrogens is 300 g/mol. The summed E-state index contributed by atoms with van der Waals surface area (Å²) in [5, 5.41) is 11.2. The topological polar surface area (TPSA) is 67.6 Å². The maximum atomic E-state index is 5.46. The molecule has 2 aromatic heterocycles. The molecule has 4 rings (SSSR count). The van der Waals surface area contributed by atoms with Gasteiger partial charge in [0.05, 0.1) is 17.5 Å². The number of hydrogen-bond donors (Lipinski definition) is 1. The van der Waals surface area contributed by atoms with Crippen LogP contribution in [0.3, 0.4) is 0 Å². The number of aromatic nitrogens is 4. The van der Waals surface area contributed by atoms with Crippen molar-refractivity contribution in [3.63, 3.8) is 0 Å². The third-order valence-corrected chi connectivity index (χ3v) is 3.98. The van der Waals surface area contributed by atoms with E-state index in [9.17, 15) is 0 Å². The van der Waals surface area contributed by atoms with Crippen LogP contribution in [0.15, 0.2) is 65.3 Å². The predicted molar refractivity (Wildman–Crippen MR) is 92.1 cm³/mol. The highest BCUT2D eigenvalue weighted by molar-refractivity contribution is 5.76. The van der Waals surface area contributed by atoms with E-state index >= 15 is 0 Å². The van der Waals surface area contributed by atoms with Gasteiger partial charge in [-0.1, -0.05) is 66.7 Å². The first-order valence-corrected chi connectivity index (χ1v) is 7.87. The summed E-state index contributed by atoms with van der Waals surface area (Å²) in [5.74, 6) is 1.03. The Bertz CT molecular complexity index is 939. The second-order valence-electron chi connectivity index (χ2n) is 5.50. The van der Waals surface area contributed by atoms with Crippen molar-refractivity contribution in [1.29, 1.82) is 0 Å². The first-order valence-electron chi connectivity index (χ1n) is 7.87. The molecule has 0 fully saturated rings. The maximum absolute atomic E-state index is 5.46. The summed E-state index contributed by atoms with van der Waals surface area (Å²) in [6, 6.07) is 18.2. The van der Waals surface area contributed by atoms with Gasteiger partial charge < -0.3 is 4.52 Å². The number of hydrogen-bond acceptors (Lipinski definition) is 4. The third-order valence-electron chi connectivity index (χ3n) is 3.98. The van der Waals surface area contributed by atoms with Crippen molar-refractivity contribution < 1.29 is 4.52 Å². The Hall–Kier alpha value is -3.21. The molecule has 0 radical (unpaired) electrons. The van der Waals surface area contributed by atoms with Gasteiger partial charge in [0.2, 0.25) is 5.82 Å². The number of H-pyrrole nitrogens is 1. The van der Waals surface area contributed by atoms with Crippen molar-refractivity contribution in [2.45, 2.75) is 13.3 Å². The molecule has 0 saturated carbocycles. The molecule has 0 amide bonds. The second kappa shape index (κ2) is 6.12. The fraction of sp³-hybridized carbons (Fsp3) is 0.105. The fourth-order valence-corrected chi connectivity index (χ4v) is 2.61. The average molecular weight is 316 g/mol. The maximum Gasteiger partial charge on any atom is 0.262 e. The molecule has 118 valence electrons. The number of aryl methyl sites for hydroxylation is 1. The first-order chi connectivity index (χ1) is 11.8. The highest BCUT2D eigenvalue weighted by atomic mass is 16.5. The Morgan fingerprint density at radius 1 is 0.958 bits per heavy atom. The minimum absolute atomic E-state index is 0.456. The summed E-state index contributed by atoms with van der Waals surface area (Å²) in [7, 11) is 0. The van der Waals surface area contributed by atoms with Gasteiger partial charge in [0.25, 0.3) is 5.89 Å². The average Bonchev–Trinajstić information content (AvgIpc) is 3.32. The van der Waals surface area contributed by atoms with E-state index in [2.05, 4.69) is 39.4 Å². The van der Waals surface area contributed by atoms with E-state index in [4.69, 9.17) is 4.52 Å². The van der Waals surface area contributed by atoms with E-state index in [1.54, 1.807) is 6.20 Å². The quantitative estimate of drug-likeness (QED) is 0.607. The van der Waals surface area contributed by atoms with Crippen LogP contribution in [0, 0.1) is 0 Å². The standard InChI is InChI=1S/C19H16N4O/c1-2-13-8-10-15(11-9-13)18-21-19(24-23-18)16-12-20-22-17(16)14-6-4-3-5-7-14/h3-12H,2H2,1H3,(H,20,22). The SMILES string of the molecule is CCc1ccc(-c2noc(-c3cn[nH]c3-c3ccccc3)n2)cc1. The van der Waals surface area contributed by atoms with Gasteiger partial charge in [0.1, 0.15) is 0 Å². The van der Waals surface area contributed by atoms with Gasteiger partial charge in [0.15, 0.2) is 0 Å². The number of benzene rings is 2. The van der Waals surface area contributed by atoms with E-state index in [1.807, 2.05) is 42.5 Å². The fourth-order valence-electron chi connectivity index (χ4n) is 2.61. The summed E-state index contributed by atoms with van der Waals surface area (Å²) in [4.78, 5) is 4.53. The molecule has 0 aliphatic heterocycles. The highest BCUT2D eigenvalue weighted by Gasteiger charge is 2.16. The van der Waals surface area contributed by atoms with E-state index in [0.29, 0.717) is 11.7 Å². The van der Waals surface area contributed by atoms with Crippen molar-refractivity contribution in [1.82, 2.24) is 20.3 Å². The van der Waals surface area contributed by atoms with E-state index in [-0.39, 0.29) is 0 Å². The van der Waals surface area contributed by atoms with Gasteiger partial charge >= 0.3 is 0 Å². The van der Waals surface area contributed by atoms with Crippen LogP contribution in [-0.2, 0) is 6.42 Å². The molecule has 2 heterocycles. The number of aromatic amines is 1. The Kier molecular flexibility index (Phi) is 3.67. The molecule has 0 atom stereocenters. The van der Waals surface area contributed by atoms with Gasteiger partial charge in [-0.05, 0) is 12.0 Å². The lowest BCUT2D eigenvalue weighted by atomic mass is 10.1. The zero-order valence-corrected chi connectivity index (χ0v) is 13.2. The normalized spacial score (nSPS) is 10.9. The van der Waals surface area contributed by atoms with Crippen LogP contribution in [0.4, 0.5) is 0 Å². The van der Waals surface area contributed by atoms with Crippen LogP contribution in [0.5, 0.6) is 0 Å².